The van der Waals surface area contributed by atoms with E-state index in [0.717, 1.165) is 22.9 Å². The topological polar surface area (TPSA) is 24.9 Å². The van der Waals surface area contributed by atoms with Crippen LogP contribution in [0.15, 0.2) is 22.8 Å². The fourth-order valence-corrected chi connectivity index (χ4v) is 2.24. The Hall–Kier alpha value is -0.570. The summed E-state index contributed by atoms with van der Waals surface area (Å²) in [5.41, 5.74) is 0.532. The largest absolute Gasteiger partial charge is 0.369 e. The van der Waals surface area contributed by atoms with Gasteiger partial charge in [0.2, 0.25) is 0 Å². The van der Waals surface area contributed by atoms with Crippen LogP contribution < -0.4 is 5.32 Å². The molecule has 3 heteroatoms. The van der Waals surface area contributed by atoms with Gasteiger partial charge in [0.1, 0.15) is 10.4 Å². The molecule has 1 fully saturated rings. The fourth-order valence-electron chi connectivity index (χ4n) is 1.89. The molecule has 2 rings (SSSR count). The highest BCUT2D eigenvalue weighted by Gasteiger charge is 2.44. The van der Waals surface area contributed by atoms with E-state index in [9.17, 15) is 0 Å². The first-order chi connectivity index (χ1) is 7.12. The summed E-state index contributed by atoms with van der Waals surface area (Å²) >= 11 is 3.38. The predicted molar refractivity (Wildman–Crippen MR) is 66.9 cm³/mol. The zero-order valence-corrected chi connectivity index (χ0v) is 10.8. The van der Waals surface area contributed by atoms with Gasteiger partial charge in [-0.3, -0.25) is 0 Å². The summed E-state index contributed by atoms with van der Waals surface area (Å²) in [4.78, 5) is 4.37. The molecule has 1 N–H and O–H groups in total. The smallest absolute Gasteiger partial charge is 0.127 e. The summed E-state index contributed by atoms with van der Waals surface area (Å²) in [7, 11) is 0. The van der Waals surface area contributed by atoms with Crippen molar-refractivity contribution in [3.05, 3.63) is 22.8 Å². The average molecular weight is 269 g/mol. The van der Waals surface area contributed by atoms with E-state index in [4.69, 9.17) is 0 Å². The first kappa shape index (κ1) is 10.9. The van der Waals surface area contributed by atoms with Gasteiger partial charge in [0.05, 0.1) is 0 Å². The van der Waals surface area contributed by atoms with Crippen LogP contribution in [0.4, 0.5) is 5.82 Å². The lowest BCUT2D eigenvalue weighted by Gasteiger charge is -2.20. The van der Waals surface area contributed by atoms with E-state index < -0.39 is 0 Å². The van der Waals surface area contributed by atoms with Crippen molar-refractivity contribution in [3.8, 4) is 0 Å². The van der Waals surface area contributed by atoms with E-state index >= 15 is 0 Å². The number of hydrogen-bond donors (Lipinski definition) is 1. The number of pyridine rings is 1. The standard InChI is InChI=1S/C12H17BrN2/c1-9(2)12(6-7-12)8-14-11-5-3-4-10(13)15-11/h3-5,9H,6-8H2,1-2H3,(H,14,15). The monoisotopic (exact) mass is 268 g/mol. The Labute approximate surface area is 99.6 Å². The van der Waals surface area contributed by atoms with E-state index in [1.165, 1.54) is 12.8 Å². The van der Waals surface area contributed by atoms with Gasteiger partial charge in [-0.05, 0) is 52.2 Å². The van der Waals surface area contributed by atoms with E-state index in [2.05, 4.69) is 40.1 Å². The molecule has 1 aliphatic rings. The molecule has 1 heterocycles. The van der Waals surface area contributed by atoms with Gasteiger partial charge in [-0.1, -0.05) is 19.9 Å². The summed E-state index contributed by atoms with van der Waals surface area (Å²) in [5, 5.41) is 3.43. The second-order valence-electron chi connectivity index (χ2n) is 4.72. The minimum absolute atomic E-state index is 0.532. The molecule has 0 spiro atoms. The molecule has 0 radical (unpaired) electrons. The van der Waals surface area contributed by atoms with Crippen LogP contribution in [-0.2, 0) is 0 Å². The third-order valence-corrected chi connectivity index (χ3v) is 3.90. The summed E-state index contributed by atoms with van der Waals surface area (Å²) < 4.78 is 0.891. The molecule has 0 aromatic carbocycles. The first-order valence-corrected chi connectivity index (χ1v) is 6.28. The van der Waals surface area contributed by atoms with E-state index in [0.29, 0.717) is 5.41 Å². The van der Waals surface area contributed by atoms with E-state index in [-0.39, 0.29) is 0 Å². The fraction of sp³-hybridized carbons (Fsp3) is 0.583. The number of anilines is 1. The van der Waals surface area contributed by atoms with Gasteiger partial charge in [-0.2, -0.15) is 0 Å². The molecule has 0 bridgehead atoms. The van der Waals surface area contributed by atoms with Gasteiger partial charge in [0.15, 0.2) is 0 Å². The van der Waals surface area contributed by atoms with Gasteiger partial charge in [0.25, 0.3) is 0 Å². The van der Waals surface area contributed by atoms with Crippen LogP contribution in [0.25, 0.3) is 0 Å². The Balaban J connectivity index is 1.94. The summed E-state index contributed by atoms with van der Waals surface area (Å²) in [5.74, 6) is 1.73. The molecule has 0 saturated heterocycles. The number of nitrogens with one attached hydrogen (secondary N) is 1. The number of hydrogen-bond acceptors (Lipinski definition) is 2. The third-order valence-electron chi connectivity index (χ3n) is 3.45. The van der Waals surface area contributed by atoms with Crippen LogP contribution in [0.2, 0.25) is 0 Å². The minimum Gasteiger partial charge on any atom is -0.369 e. The maximum Gasteiger partial charge on any atom is 0.127 e. The normalized spacial score (nSPS) is 17.9. The minimum atomic E-state index is 0.532. The molecule has 0 amide bonds. The number of halogens is 1. The van der Waals surface area contributed by atoms with Crippen molar-refractivity contribution in [2.24, 2.45) is 11.3 Å². The summed E-state index contributed by atoms with van der Waals surface area (Å²) in [6, 6.07) is 5.97. The Morgan fingerprint density at radius 2 is 2.20 bits per heavy atom. The van der Waals surface area contributed by atoms with Crippen LogP contribution in [-0.4, -0.2) is 11.5 Å². The summed E-state index contributed by atoms with van der Waals surface area (Å²) in [6.07, 6.45) is 2.71. The highest BCUT2D eigenvalue weighted by atomic mass is 79.9. The van der Waals surface area contributed by atoms with Gasteiger partial charge >= 0.3 is 0 Å². The zero-order valence-electron chi connectivity index (χ0n) is 9.26. The van der Waals surface area contributed by atoms with E-state index in [1.54, 1.807) is 0 Å². The molecule has 0 aliphatic heterocycles. The molecule has 1 aliphatic carbocycles. The second kappa shape index (κ2) is 4.12. The SMILES string of the molecule is CC(C)C1(CNc2cccc(Br)n2)CC1. The molecular formula is C12H17BrN2. The number of nitrogens with zero attached hydrogens (tertiary/aromatic N) is 1. The van der Waals surface area contributed by atoms with Crippen molar-refractivity contribution < 1.29 is 0 Å². The van der Waals surface area contributed by atoms with Crippen LogP contribution in [0.3, 0.4) is 0 Å². The van der Waals surface area contributed by atoms with Crippen molar-refractivity contribution in [1.82, 2.24) is 4.98 Å². The maximum absolute atomic E-state index is 4.37. The van der Waals surface area contributed by atoms with Crippen molar-refractivity contribution in [2.75, 3.05) is 11.9 Å². The van der Waals surface area contributed by atoms with E-state index in [1.807, 2.05) is 18.2 Å². The van der Waals surface area contributed by atoms with Crippen LogP contribution >= 0.6 is 15.9 Å². The molecule has 1 saturated carbocycles. The van der Waals surface area contributed by atoms with Crippen molar-refractivity contribution in [2.45, 2.75) is 26.7 Å². The molecular weight excluding hydrogens is 252 g/mol. The quantitative estimate of drug-likeness (QED) is 0.843. The average Bonchev–Trinajstić information content (AvgIpc) is 2.96. The van der Waals surface area contributed by atoms with Crippen molar-refractivity contribution in [1.29, 1.82) is 0 Å². The molecule has 1 aromatic heterocycles. The van der Waals surface area contributed by atoms with Crippen LogP contribution in [0.1, 0.15) is 26.7 Å². The Bertz CT molecular complexity index is 345. The lowest BCUT2D eigenvalue weighted by atomic mass is 9.92. The predicted octanol–water partition coefficient (Wildman–Crippen LogP) is 3.69. The number of aromatic nitrogens is 1. The zero-order chi connectivity index (χ0) is 10.9. The van der Waals surface area contributed by atoms with Crippen molar-refractivity contribution >= 4 is 21.7 Å². The van der Waals surface area contributed by atoms with Crippen molar-refractivity contribution in [3.63, 3.8) is 0 Å². The Morgan fingerprint density at radius 3 is 2.73 bits per heavy atom. The van der Waals surface area contributed by atoms with Gasteiger partial charge in [-0.25, -0.2) is 4.98 Å². The molecule has 1 aromatic rings. The maximum atomic E-state index is 4.37. The highest BCUT2D eigenvalue weighted by molar-refractivity contribution is 9.10. The third kappa shape index (κ3) is 2.51. The molecule has 0 unspecified atom stereocenters. The Kier molecular flexibility index (Phi) is 3.01. The molecule has 15 heavy (non-hydrogen) atoms. The molecule has 0 atom stereocenters. The van der Waals surface area contributed by atoms with Gasteiger partial charge in [0, 0.05) is 6.54 Å². The summed E-state index contributed by atoms with van der Waals surface area (Å²) in [6.45, 7) is 5.67. The first-order valence-electron chi connectivity index (χ1n) is 5.49. The Morgan fingerprint density at radius 1 is 1.47 bits per heavy atom. The van der Waals surface area contributed by atoms with Crippen LogP contribution in [0, 0.1) is 11.3 Å². The molecule has 82 valence electrons. The molecule has 2 nitrogen and oxygen atoms in total. The lowest BCUT2D eigenvalue weighted by molar-refractivity contribution is 0.380. The lowest BCUT2D eigenvalue weighted by Crippen LogP contribution is -2.21. The second-order valence-corrected chi connectivity index (χ2v) is 5.53. The highest BCUT2D eigenvalue weighted by Crippen LogP contribution is 2.51. The van der Waals surface area contributed by atoms with Crippen LogP contribution in [0.5, 0.6) is 0 Å². The van der Waals surface area contributed by atoms with Gasteiger partial charge < -0.3 is 5.32 Å². The number of rotatable bonds is 4. The van der Waals surface area contributed by atoms with Gasteiger partial charge in [-0.15, -0.1) is 0 Å².